The highest BCUT2D eigenvalue weighted by Gasteiger charge is 2.36. The molecular formula is C15H27NO3. The molecule has 4 nitrogen and oxygen atoms in total. The quantitative estimate of drug-likeness (QED) is 0.824. The van der Waals surface area contributed by atoms with Crippen molar-refractivity contribution in [2.75, 3.05) is 0 Å². The molecule has 0 aliphatic heterocycles. The standard InChI is InChI=1S/C15H27NO3/c1-14(2,3)9-15(4,5)16-12(17)10-6-7-11(8-10)13(18)19/h10-11H,6-9H2,1-5H3,(H,16,17)(H,18,19)/t10-,11+/m1/s1. The molecule has 2 atom stereocenters. The van der Waals surface area contributed by atoms with E-state index in [4.69, 9.17) is 5.11 Å². The normalized spacial score (nSPS) is 24.3. The van der Waals surface area contributed by atoms with Gasteiger partial charge in [0.2, 0.25) is 5.91 Å². The predicted octanol–water partition coefficient (Wildman–Crippen LogP) is 2.82. The van der Waals surface area contributed by atoms with Gasteiger partial charge in [-0.15, -0.1) is 0 Å². The third-order valence-electron chi connectivity index (χ3n) is 3.59. The maximum atomic E-state index is 12.2. The van der Waals surface area contributed by atoms with E-state index in [9.17, 15) is 9.59 Å². The maximum Gasteiger partial charge on any atom is 0.306 e. The van der Waals surface area contributed by atoms with Crippen molar-refractivity contribution < 1.29 is 14.7 Å². The molecular weight excluding hydrogens is 242 g/mol. The Morgan fingerprint density at radius 3 is 2.05 bits per heavy atom. The van der Waals surface area contributed by atoms with Crippen molar-refractivity contribution in [3.05, 3.63) is 0 Å². The molecule has 0 radical (unpaired) electrons. The van der Waals surface area contributed by atoms with Crippen molar-refractivity contribution >= 4 is 11.9 Å². The second-order valence-electron chi connectivity index (χ2n) is 7.66. The number of carbonyl (C=O) groups is 2. The molecule has 4 heteroatoms. The van der Waals surface area contributed by atoms with Gasteiger partial charge in [-0.05, 0) is 44.9 Å². The van der Waals surface area contributed by atoms with Crippen LogP contribution in [0.4, 0.5) is 0 Å². The summed E-state index contributed by atoms with van der Waals surface area (Å²) in [5.74, 6) is -1.25. The smallest absolute Gasteiger partial charge is 0.306 e. The SMILES string of the molecule is CC(C)(C)CC(C)(C)NC(=O)[C@@H]1CC[C@H](C(=O)O)C1. The van der Waals surface area contributed by atoms with Crippen molar-refractivity contribution in [3.63, 3.8) is 0 Å². The number of nitrogens with one attached hydrogen (secondary N) is 1. The van der Waals surface area contributed by atoms with Crippen LogP contribution in [0.2, 0.25) is 0 Å². The molecule has 1 fully saturated rings. The summed E-state index contributed by atoms with van der Waals surface area (Å²) >= 11 is 0. The summed E-state index contributed by atoms with van der Waals surface area (Å²) in [7, 11) is 0. The fourth-order valence-electron chi connectivity index (χ4n) is 3.25. The molecule has 1 aliphatic carbocycles. The van der Waals surface area contributed by atoms with E-state index < -0.39 is 5.97 Å². The minimum atomic E-state index is -0.774. The van der Waals surface area contributed by atoms with E-state index in [0.29, 0.717) is 19.3 Å². The number of aliphatic carboxylic acids is 1. The first-order valence-electron chi connectivity index (χ1n) is 7.05. The zero-order valence-electron chi connectivity index (χ0n) is 12.7. The Kier molecular flexibility index (Phi) is 4.64. The molecule has 1 saturated carbocycles. The Bertz CT molecular complexity index is 355. The van der Waals surface area contributed by atoms with Gasteiger partial charge in [-0.2, -0.15) is 0 Å². The van der Waals surface area contributed by atoms with Crippen molar-refractivity contribution in [1.29, 1.82) is 0 Å². The first-order chi connectivity index (χ1) is 8.50. The Morgan fingerprint density at radius 2 is 1.63 bits per heavy atom. The first kappa shape index (κ1) is 16.0. The Balaban J connectivity index is 2.54. The molecule has 110 valence electrons. The Hall–Kier alpha value is -1.06. The van der Waals surface area contributed by atoms with Crippen molar-refractivity contribution in [1.82, 2.24) is 5.32 Å². The molecule has 0 aromatic carbocycles. The number of rotatable bonds is 4. The molecule has 1 amide bonds. The van der Waals surface area contributed by atoms with Crippen LogP contribution in [0.3, 0.4) is 0 Å². The third kappa shape index (κ3) is 5.21. The molecule has 0 aromatic heterocycles. The van der Waals surface area contributed by atoms with Crippen LogP contribution in [0.15, 0.2) is 0 Å². The molecule has 2 N–H and O–H groups in total. The summed E-state index contributed by atoms with van der Waals surface area (Å²) in [4.78, 5) is 23.1. The predicted molar refractivity (Wildman–Crippen MR) is 74.8 cm³/mol. The average molecular weight is 269 g/mol. The molecule has 0 heterocycles. The van der Waals surface area contributed by atoms with Crippen LogP contribution < -0.4 is 5.32 Å². The Morgan fingerprint density at radius 1 is 1.11 bits per heavy atom. The maximum absolute atomic E-state index is 12.2. The fourth-order valence-corrected chi connectivity index (χ4v) is 3.25. The first-order valence-corrected chi connectivity index (χ1v) is 7.05. The zero-order valence-corrected chi connectivity index (χ0v) is 12.7. The molecule has 19 heavy (non-hydrogen) atoms. The highest BCUT2D eigenvalue weighted by Crippen LogP contribution is 2.32. The van der Waals surface area contributed by atoms with Gasteiger partial charge in [0.1, 0.15) is 0 Å². The number of hydrogen-bond acceptors (Lipinski definition) is 2. The van der Waals surface area contributed by atoms with E-state index in [1.54, 1.807) is 0 Å². The van der Waals surface area contributed by atoms with E-state index >= 15 is 0 Å². The second-order valence-corrected chi connectivity index (χ2v) is 7.66. The van der Waals surface area contributed by atoms with E-state index in [1.165, 1.54) is 0 Å². The summed E-state index contributed by atoms with van der Waals surface area (Å²) in [6.07, 6.45) is 2.68. The van der Waals surface area contributed by atoms with Crippen LogP contribution >= 0.6 is 0 Å². The fraction of sp³-hybridized carbons (Fsp3) is 0.867. The Labute approximate surface area is 116 Å². The number of amides is 1. The van der Waals surface area contributed by atoms with Crippen LogP contribution in [0.25, 0.3) is 0 Å². The number of hydrogen-bond donors (Lipinski definition) is 2. The van der Waals surface area contributed by atoms with Gasteiger partial charge >= 0.3 is 5.97 Å². The van der Waals surface area contributed by atoms with E-state index in [-0.39, 0.29) is 28.7 Å². The summed E-state index contributed by atoms with van der Waals surface area (Å²) in [5, 5.41) is 12.0. The van der Waals surface area contributed by atoms with Crippen LogP contribution in [0.5, 0.6) is 0 Å². The van der Waals surface area contributed by atoms with E-state index in [2.05, 4.69) is 26.1 Å². The molecule has 0 bridgehead atoms. The lowest BCUT2D eigenvalue weighted by Gasteiger charge is -2.34. The van der Waals surface area contributed by atoms with Crippen LogP contribution in [0.1, 0.15) is 60.3 Å². The summed E-state index contributed by atoms with van der Waals surface area (Å²) in [6.45, 7) is 10.5. The van der Waals surface area contributed by atoms with Crippen molar-refractivity contribution in [2.45, 2.75) is 65.8 Å². The van der Waals surface area contributed by atoms with Gasteiger partial charge in [-0.3, -0.25) is 9.59 Å². The van der Waals surface area contributed by atoms with Gasteiger partial charge < -0.3 is 10.4 Å². The van der Waals surface area contributed by atoms with Gasteiger partial charge in [-0.1, -0.05) is 20.8 Å². The molecule has 0 saturated heterocycles. The number of carbonyl (C=O) groups excluding carboxylic acids is 1. The van der Waals surface area contributed by atoms with Crippen LogP contribution in [-0.2, 0) is 9.59 Å². The molecule has 0 spiro atoms. The molecule has 1 aliphatic rings. The second kappa shape index (κ2) is 5.51. The lowest BCUT2D eigenvalue weighted by Crippen LogP contribution is -2.47. The highest BCUT2D eigenvalue weighted by molar-refractivity contribution is 5.81. The molecule has 1 rings (SSSR count). The van der Waals surface area contributed by atoms with Gasteiger partial charge in [0.05, 0.1) is 5.92 Å². The van der Waals surface area contributed by atoms with Crippen LogP contribution in [0, 0.1) is 17.3 Å². The van der Waals surface area contributed by atoms with Crippen LogP contribution in [-0.4, -0.2) is 22.5 Å². The molecule has 0 unspecified atom stereocenters. The number of carboxylic acid groups (broad SMARTS) is 1. The minimum Gasteiger partial charge on any atom is -0.481 e. The summed E-state index contributed by atoms with van der Waals surface area (Å²) < 4.78 is 0. The summed E-state index contributed by atoms with van der Waals surface area (Å²) in [6, 6.07) is 0. The monoisotopic (exact) mass is 269 g/mol. The van der Waals surface area contributed by atoms with E-state index in [1.807, 2.05) is 13.8 Å². The topological polar surface area (TPSA) is 66.4 Å². The van der Waals surface area contributed by atoms with Gasteiger partial charge in [0.15, 0.2) is 0 Å². The zero-order chi connectivity index (χ0) is 14.8. The van der Waals surface area contributed by atoms with Gasteiger partial charge in [0.25, 0.3) is 0 Å². The van der Waals surface area contributed by atoms with E-state index in [0.717, 1.165) is 6.42 Å². The lowest BCUT2D eigenvalue weighted by molar-refractivity contribution is -0.141. The highest BCUT2D eigenvalue weighted by atomic mass is 16.4. The lowest BCUT2D eigenvalue weighted by atomic mass is 9.81. The average Bonchev–Trinajstić information content (AvgIpc) is 2.60. The van der Waals surface area contributed by atoms with Gasteiger partial charge in [0, 0.05) is 11.5 Å². The van der Waals surface area contributed by atoms with Crippen molar-refractivity contribution in [2.24, 2.45) is 17.3 Å². The van der Waals surface area contributed by atoms with Crippen molar-refractivity contribution in [3.8, 4) is 0 Å². The third-order valence-corrected chi connectivity index (χ3v) is 3.59. The van der Waals surface area contributed by atoms with Gasteiger partial charge in [-0.25, -0.2) is 0 Å². The number of carboxylic acids is 1. The summed E-state index contributed by atoms with van der Waals surface area (Å²) in [5.41, 5.74) is -0.104. The molecule has 0 aromatic rings. The largest absolute Gasteiger partial charge is 0.481 e. The minimum absolute atomic E-state index is 0.0120.